The minimum Gasteiger partial charge on any atom is -0.390 e. The van der Waals surface area contributed by atoms with E-state index in [1.54, 1.807) is 7.85 Å². The zero-order valence-corrected chi connectivity index (χ0v) is 26.3. The molecule has 0 saturated carbocycles. The van der Waals surface area contributed by atoms with Crippen molar-refractivity contribution in [3.05, 3.63) is 0 Å². The summed E-state index contributed by atoms with van der Waals surface area (Å²) >= 11 is 0. The maximum absolute atomic E-state index is 11.9. The van der Waals surface area contributed by atoms with Crippen LogP contribution in [0.15, 0.2) is 0 Å². The second-order valence-electron chi connectivity index (χ2n) is 8.05. The minimum absolute atomic E-state index is 0.133. The molecule has 0 aromatic carbocycles. The highest BCUT2D eigenvalue weighted by molar-refractivity contribution is 7.72. The first-order chi connectivity index (χ1) is 18.0. The van der Waals surface area contributed by atoms with E-state index in [2.05, 4.69) is 30.6 Å². The first kappa shape index (κ1) is 38.9. The lowest BCUT2D eigenvalue weighted by atomic mass is 9.96. The molecule has 1 fully saturated rings. The number of phosphoric ester groups is 2. The van der Waals surface area contributed by atoms with E-state index in [1.807, 2.05) is 6.92 Å². The van der Waals surface area contributed by atoms with Crippen LogP contribution < -0.4 is 0 Å². The van der Waals surface area contributed by atoms with Crippen LogP contribution in [0.3, 0.4) is 0 Å². The van der Waals surface area contributed by atoms with Gasteiger partial charge in [-0.1, -0.05) is 32.6 Å². The molecule has 1 rings (SSSR count). The first-order valence-electron chi connectivity index (χ1n) is 11.1. The van der Waals surface area contributed by atoms with Crippen molar-refractivity contribution in [2.45, 2.75) is 63.7 Å². The summed E-state index contributed by atoms with van der Waals surface area (Å²) in [5.74, 6) is 0. The highest BCUT2D eigenvalue weighted by atomic mass is 31.3. The molecule has 1 aliphatic heterocycles. The number of aliphatic hydroxyl groups excluding tert-OH is 1. The predicted octanol–water partition coefficient (Wildman–Crippen LogP) is 1.78. The summed E-state index contributed by atoms with van der Waals surface area (Å²) in [4.78, 5) is 56.9. The van der Waals surface area contributed by atoms with Crippen molar-refractivity contribution in [3.8, 4) is 0 Å². The molecule has 0 aromatic rings. The van der Waals surface area contributed by atoms with E-state index in [0.29, 0.717) is 6.42 Å². The van der Waals surface area contributed by atoms with Crippen LogP contribution in [0.4, 0.5) is 0 Å². The van der Waals surface area contributed by atoms with E-state index in [9.17, 15) is 61.9 Å². The Balaban J connectivity index is 2.68. The van der Waals surface area contributed by atoms with Crippen LogP contribution in [0.25, 0.3) is 0 Å². The fraction of sp³-hybridized carbons (Fsp3) is 1.00. The van der Waals surface area contributed by atoms with Crippen molar-refractivity contribution >= 4 is 54.8 Å². The number of hydrogen-bond donors (Lipinski definition) is 7. The van der Waals surface area contributed by atoms with E-state index in [4.69, 9.17) is 4.74 Å². The summed E-state index contributed by atoms with van der Waals surface area (Å²) in [5.41, 5.74) is 0. The Labute approximate surface area is 229 Å². The average molecular weight is 708 g/mol. The SMILES string of the molecule is B[C@H]1C[C@@H](O)[C@@H](COP(=O)(O)OP(=O)(O)OP(=O)(O)OP(=O)(O)OP(=O)(O)OP(=O)(O)OCCCCCCC)O1. The number of ether oxygens (including phenoxy) is 1. The molecule has 0 radical (unpaired) electrons. The van der Waals surface area contributed by atoms with Gasteiger partial charge in [0.25, 0.3) is 0 Å². The molecule has 21 nitrogen and oxygen atoms in total. The molecule has 238 valence electrons. The quantitative estimate of drug-likeness (QED) is 0.0538. The summed E-state index contributed by atoms with van der Waals surface area (Å²) in [5, 5.41) is 9.69. The fourth-order valence-electron chi connectivity index (χ4n) is 2.90. The molecule has 0 bridgehead atoms. The Hall–Kier alpha value is 0.845. The summed E-state index contributed by atoms with van der Waals surface area (Å²) in [6.45, 7) is 0.661. The van der Waals surface area contributed by atoms with Crippen molar-refractivity contribution in [1.82, 2.24) is 0 Å². The van der Waals surface area contributed by atoms with Crippen LogP contribution in [0, 0.1) is 0 Å². The second-order valence-corrected chi connectivity index (χ2v) is 17.5. The third kappa shape index (κ3) is 16.6. The normalized spacial score (nSPS) is 28.9. The maximum Gasteiger partial charge on any atom is 0.490 e. The van der Waals surface area contributed by atoms with Gasteiger partial charge in [0.15, 0.2) is 0 Å². The van der Waals surface area contributed by atoms with Crippen molar-refractivity contribution in [2.24, 2.45) is 0 Å². The molecular weight excluding hydrogens is 677 g/mol. The summed E-state index contributed by atoms with van der Waals surface area (Å²) < 4.78 is 103. The van der Waals surface area contributed by atoms with Gasteiger partial charge in [-0.05, 0) is 12.8 Å². The van der Waals surface area contributed by atoms with Gasteiger partial charge in [0.2, 0.25) is 0 Å². The second kappa shape index (κ2) is 15.7. The Bertz CT molecular complexity index is 1120. The lowest BCUT2D eigenvalue weighted by Gasteiger charge is -2.21. The highest BCUT2D eigenvalue weighted by Gasteiger charge is 2.49. The molecule has 0 aliphatic carbocycles. The van der Waals surface area contributed by atoms with Crippen molar-refractivity contribution < 1.29 is 97.2 Å². The van der Waals surface area contributed by atoms with Gasteiger partial charge in [-0.15, -0.1) is 0 Å². The average Bonchev–Trinajstić information content (AvgIpc) is 3.01. The number of unbranched alkanes of at least 4 members (excludes halogenated alkanes) is 4. The summed E-state index contributed by atoms with van der Waals surface area (Å²) in [6, 6.07) is -0.458. The molecule has 7 N–H and O–H groups in total. The standard InChI is InChI=1S/C12H31BO21P6/c1-2-3-4-5-6-7-27-35(15,16)30-37(19,20)32-39(23,24)34-40(25,26)33-38(21,22)31-36(17,18)28-9-11-10(14)8-12(13)29-11/h10-12,14H,2-9,13H2,1H3,(H,15,16)(H,17,18)(H,19,20)(H,21,22)(H,23,24)(H,25,26)/t10-,11-,12-/m1/s1. The topological polar surface area (TPSA) is 318 Å². The number of hydrogen-bond acceptors (Lipinski definition) is 15. The molecule has 9 atom stereocenters. The third-order valence-corrected chi connectivity index (χ3v) is 13.6. The van der Waals surface area contributed by atoms with Crippen molar-refractivity contribution in [1.29, 1.82) is 0 Å². The van der Waals surface area contributed by atoms with Crippen LogP contribution in [0.5, 0.6) is 0 Å². The number of aliphatic hydroxyl groups is 1. The maximum atomic E-state index is 11.9. The van der Waals surface area contributed by atoms with Crippen LogP contribution in [-0.2, 0) is 62.7 Å². The smallest absolute Gasteiger partial charge is 0.390 e. The number of rotatable bonds is 20. The summed E-state index contributed by atoms with van der Waals surface area (Å²) in [7, 11) is -34.2. The Morgan fingerprint density at radius 2 is 1.07 bits per heavy atom. The molecule has 1 aliphatic rings. The zero-order chi connectivity index (χ0) is 31.0. The van der Waals surface area contributed by atoms with Gasteiger partial charge in [-0.3, -0.25) is 9.05 Å². The van der Waals surface area contributed by atoms with Gasteiger partial charge in [-0.2, -0.15) is 21.6 Å². The molecule has 0 amide bonds. The van der Waals surface area contributed by atoms with E-state index in [0.717, 1.165) is 19.3 Å². The molecule has 1 saturated heterocycles. The van der Waals surface area contributed by atoms with Crippen molar-refractivity contribution in [3.63, 3.8) is 0 Å². The van der Waals surface area contributed by atoms with Gasteiger partial charge in [-0.25, -0.2) is 27.4 Å². The van der Waals surface area contributed by atoms with Crippen LogP contribution in [-0.4, -0.2) is 73.7 Å². The van der Waals surface area contributed by atoms with Gasteiger partial charge in [0, 0.05) is 6.00 Å². The van der Waals surface area contributed by atoms with Crippen LogP contribution in [0.2, 0.25) is 0 Å². The largest absolute Gasteiger partial charge is 0.490 e. The minimum atomic E-state index is -6.33. The molecule has 40 heavy (non-hydrogen) atoms. The third-order valence-electron chi connectivity index (χ3n) is 4.35. The van der Waals surface area contributed by atoms with Crippen molar-refractivity contribution in [2.75, 3.05) is 13.2 Å². The van der Waals surface area contributed by atoms with Gasteiger partial charge >= 0.3 is 46.9 Å². The molecule has 28 heteroatoms. The molecular formula is C12H31BO21P6. The molecule has 6 unspecified atom stereocenters. The number of phosphoric acid groups is 6. The Morgan fingerprint density at radius 3 is 1.48 bits per heavy atom. The van der Waals surface area contributed by atoms with Gasteiger partial charge in [0.1, 0.15) is 14.0 Å². The van der Waals surface area contributed by atoms with Gasteiger partial charge < -0.3 is 39.2 Å². The monoisotopic (exact) mass is 708 g/mol. The Kier molecular flexibility index (Phi) is 15.3. The first-order valence-corrected chi connectivity index (χ1v) is 20.1. The van der Waals surface area contributed by atoms with E-state index < -0.39 is 78.4 Å². The highest BCUT2D eigenvalue weighted by Crippen LogP contribution is 2.75. The molecule has 0 aromatic heterocycles. The zero-order valence-electron chi connectivity index (χ0n) is 20.9. The van der Waals surface area contributed by atoms with Crippen LogP contribution in [0.1, 0.15) is 45.4 Å². The van der Waals surface area contributed by atoms with Crippen LogP contribution >= 0.6 is 46.9 Å². The van der Waals surface area contributed by atoms with E-state index >= 15 is 0 Å². The van der Waals surface area contributed by atoms with E-state index in [1.165, 1.54) is 0 Å². The Morgan fingerprint density at radius 1 is 0.675 bits per heavy atom. The molecule has 1 heterocycles. The van der Waals surface area contributed by atoms with Gasteiger partial charge in [0.05, 0.1) is 19.3 Å². The van der Waals surface area contributed by atoms with E-state index in [-0.39, 0.29) is 12.8 Å². The molecule has 0 spiro atoms. The lowest BCUT2D eigenvalue weighted by Crippen LogP contribution is -2.26. The predicted molar refractivity (Wildman–Crippen MR) is 133 cm³/mol. The lowest BCUT2D eigenvalue weighted by molar-refractivity contribution is -0.00418. The summed E-state index contributed by atoms with van der Waals surface area (Å²) in [6.07, 6.45) is 1.21. The fourth-order valence-corrected chi connectivity index (χ4v) is 10.7.